The Balaban J connectivity index is 1.34. The SMILES string of the molecule is Cc1cc(C)cc(C(=O)NCC(=O)OCC(=O)N2N=C(c3cccs3)CC2c2cccs2)c1. The molecule has 3 heterocycles. The second kappa shape index (κ2) is 10.1. The van der Waals surface area contributed by atoms with Crippen LogP contribution in [0, 0.1) is 13.8 Å². The number of carbonyl (C=O) groups excluding carboxylic acids is 3. The van der Waals surface area contributed by atoms with Gasteiger partial charge in [0.25, 0.3) is 11.8 Å². The number of carbonyl (C=O) groups is 3. The minimum atomic E-state index is -0.685. The summed E-state index contributed by atoms with van der Waals surface area (Å²) in [5.41, 5.74) is 3.23. The number of rotatable bonds is 7. The lowest BCUT2D eigenvalue weighted by molar-refractivity contribution is -0.151. The maximum atomic E-state index is 12.9. The van der Waals surface area contributed by atoms with Crippen LogP contribution in [0.2, 0.25) is 0 Å². The molecule has 0 aliphatic carbocycles. The molecule has 33 heavy (non-hydrogen) atoms. The number of nitrogens with zero attached hydrogens (tertiary/aromatic N) is 2. The van der Waals surface area contributed by atoms with Gasteiger partial charge in [0.2, 0.25) is 0 Å². The number of hydrogen-bond acceptors (Lipinski definition) is 7. The van der Waals surface area contributed by atoms with E-state index in [1.807, 2.05) is 54.9 Å². The van der Waals surface area contributed by atoms with Crippen molar-refractivity contribution in [2.75, 3.05) is 13.2 Å². The largest absolute Gasteiger partial charge is 0.454 e. The molecule has 0 saturated heterocycles. The van der Waals surface area contributed by atoms with Crippen LogP contribution in [-0.2, 0) is 14.3 Å². The molecule has 1 aromatic carbocycles. The number of ether oxygens (including phenoxy) is 1. The molecule has 170 valence electrons. The Morgan fingerprint density at radius 3 is 2.48 bits per heavy atom. The van der Waals surface area contributed by atoms with E-state index in [1.165, 1.54) is 5.01 Å². The average molecular weight is 482 g/mol. The Bertz CT molecular complexity index is 1170. The number of amides is 2. The Hall–Kier alpha value is -3.30. The predicted molar refractivity (Wildman–Crippen MR) is 129 cm³/mol. The van der Waals surface area contributed by atoms with Gasteiger partial charge in [0.1, 0.15) is 6.54 Å². The summed E-state index contributed by atoms with van der Waals surface area (Å²) >= 11 is 3.13. The van der Waals surface area contributed by atoms with Crippen LogP contribution >= 0.6 is 22.7 Å². The Labute approximate surface area is 199 Å². The summed E-state index contributed by atoms with van der Waals surface area (Å²) in [5.74, 6) is -1.46. The van der Waals surface area contributed by atoms with Crippen molar-refractivity contribution in [2.24, 2.45) is 5.10 Å². The fourth-order valence-corrected chi connectivity index (χ4v) is 5.19. The smallest absolute Gasteiger partial charge is 0.325 e. The lowest BCUT2D eigenvalue weighted by atomic mass is 10.1. The molecule has 0 fully saturated rings. The fraction of sp³-hybridized carbons (Fsp3) is 0.250. The number of benzene rings is 1. The molecule has 1 unspecified atom stereocenters. The van der Waals surface area contributed by atoms with Gasteiger partial charge in [-0.05, 0) is 48.9 Å². The van der Waals surface area contributed by atoms with Crippen molar-refractivity contribution >= 4 is 46.2 Å². The van der Waals surface area contributed by atoms with Gasteiger partial charge >= 0.3 is 5.97 Å². The maximum Gasteiger partial charge on any atom is 0.325 e. The number of hydrogen-bond donors (Lipinski definition) is 1. The highest BCUT2D eigenvalue weighted by atomic mass is 32.1. The van der Waals surface area contributed by atoms with Gasteiger partial charge in [0.15, 0.2) is 6.61 Å². The summed E-state index contributed by atoms with van der Waals surface area (Å²) in [4.78, 5) is 39.4. The van der Waals surface area contributed by atoms with Crippen molar-refractivity contribution in [2.45, 2.75) is 26.3 Å². The van der Waals surface area contributed by atoms with Gasteiger partial charge < -0.3 is 10.1 Å². The van der Waals surface area contributed by atoms with Crippen molar-refractivity contribution in [3.8, 4) is 0 Å². The van der Waals surface area contributed by atoms with Crippen LogP contribution in [0.1, 0.15) is 43.7 Å². The van der Waals surface area contributed by atoms with E-state index >= 15 is 0 Å². The molecule has 1 N–H and O–H groups in total. The quantitative estimate of drug-likeness (QED) is 0.515. The Kier molecular flexibility index (Phi) is 7.00. The topological polar surface area (TPSA) is 88.1 Å². The lowest BCUT2D eigenvalue weighted by Crippen LogP contribution is -2.34. The van der Waals surface area contributed by atoms with Crippen molar-refractivity contribution < 1.29 is 19.1 Å². The first-order valence-corrected chi connectivity index (χ1v) is 12.2. The zero-order valence-corrected chi connectivity index (χ0v) is 19.9. The number of thiophene rings is 2. The standard InChI is InChI=1S/C24H23N3O4S2/c1-15-9-16(2)11-17(10-15)24(30)25-13-23(29)31-14-22(28)27-19(21-6-4-8-33-21)12-18(26-27)20-5-3-7-32-20/h3-11,19H,12-14H2,1-2H3,(H,25,30). The molecular formula is C24H23N3O4S2. The first-order chi connectivity index (χ1) is 15.9. The number of nitrogens with one attached hydrogen (secondary N) is 1. The third-order valence-corrected chi connectivity index (χ3v) is 6.97. The van der Waals surface area contributed by atoms with Crippen LogP contribution in [0.4, 0.5) is 0 Å². The minimum Gasteiger partial charge on any atom is -0.454 e. The van der Waals surface area contributed by atoms with Crippen LogP contribution in [0.5, 0.6) is 0 Å². The van der Waals surface area contributed by atoms with Crippen LogP contribution < -0.4 is 5.32 Å². The molecule has 2 aromatic heterocycles. The third kappa shape index (κ3) is 5.55. The van der Waals surface area contributed by atoms with Crippen molar-refractivity contribution in [1.29, 1.82) is 0 Å². The van der Waals surface area contributed by atoms with E-state index in [2.05, 4.69) is 10.4 Å². The van der Waals surface area contributed by atoms with Gasteiger partial charge in [-0.1, -0.05) is 29.3 Å². The van der Waals surface area contributed by atoms with Gasteiger partial charge in [-0.15, -0.1) is 22.7 Å². The average Bonchev–Trinajstić information content (AvgIpc) is 3.55. The summed E-state index contributed by atoms with van der Waals surface area (Å²) in [6.07, 6.45) is 0.604. The second-order valence-electron chi connectivity index (χ2n) is 7.72. The van der Waals surface area contributed by atoms with E-state index < -0.39 is 18.5 Å². The van der Waals surface area contributed by atoms with E-state index in [-0.39, 0.29) is 18.5 Å². The van der Waals surface area contributed by atoms with Gasteiger partial charge in [-0.3, -0.25) is 14.4 Å². The first kappa shape index (κ1) is 22.9. The third-order valence-electron chi connectivity index (χ3n) is 5.08. The molecule has 0 bridgehead atoms. The summed E-state index contributed by atoms with van der Waals surface area (Å²) < 4.78 is 5.13. The lowest BCUT2D eigenvalue weighted by Gasteiger charge is -2.20. The molecule has 9 heteroatoms. The van der Waals surface area contributed by atoms with E-state index in [4.69, 9.17) is 4.74 Å². The summed E-state index contributed by atoms with van der Waals surface area (Å²) in [5, 5.41) is 12.4. The zero-order valence-electron chi connectivity index (χ0n) is 18.2. The normalized spacial score (nSPS) is 15.3. The van der Waals surface area contributed by atoms with Crippen LogP contribution in [0.15, 0.2) is 58.3 Å². The predicted octanol–water partition coefficient (Wildman–Crippen LogP) is 4.08. The fourth-order valence-electron chi connectivity index (χ4n) is 3.65. The summed E-state index contributed by atoms with van der Waals surface area (Å²) in [7, 11) is 0. The molecule has 4 rings (SSSR count). The number of hydrazone groups is 1. The van der Waals surface area contributed by atoms with Crippen LogP contribution in [0.3, 0.4) is 0 Å². The van der Waals surface area contributed by atoms with E-state index in [0.29, 0.717) is 12.0 Å². The Morgan fingerprint density at radius 1 is 1.09 bits per heavy atom. The van der Waals surface area contributed by atoms with Crippen LogP contribution in [0.25, 0.3) is 0 Å². The van der Waals surface area contributed by atoms with Crippen molar-refractivity contribution in [1.82, 2.24) is 10.3 Å². The zero-order chi connectivity index (χ0) is 23.4. The molecule has 0 spiro atoms. The molecule has 2 amide bonds. The molecule has 0 saturated carbocycles. The second-order valence-corrected chi connectivity index (χ2v) is 9.64. The molecule has 3 aromatic rings. The van der Waals surface area contributed by atoms with E-state index in [1.54, 1.807) is 34.8 Å². The first-order valence-electron chi connectivity index (χ1n) is 10.4. The van der Waals surface area contributed by atoms with Crippen molar-refractivity contribution in [3.63, 3.8) is 0 Å². The Morgan fingerprint density at radius 2 is 1.82 bits per heavy atom. The molecule has 0 radical (unpaired) electrons. The monoisotopic (exact) mass is 481 g/mol. The molecule has 7 nitrogen and oxygen atoms in total. The molecule has 1 atom stereocenters. The van der Waals surface area contributed by atoms with Gasteiger partial charge in [-0.2, -0.15) is 5.10 Å². The highest BCUT2D eigenvalue weighted by Gasteiger charge is 2.34. The van der Waals surface area contributed by atoms with E-state index in [9.17, 15) is 14.4 Å². The molecular weight excluding hydrogens is 458 g/mol. The maximum absolute atomic E-state index is 12.9. The molecule has 1 aliphatic rings. The van der Waals surface area contributed by atoms with Crippen molar-refractivity contribution in [3.05, 3.63) is 79.7 Å². The number of esters is 1. The minimum absolute atomic E-state index is 0.224. The summed E-state index contributed by atoms with van der Waals surface area (Å²) in [6.45, 7) is 3.04. The van der Waals surface area contributed by atoms with Gasteiger partial charge in [0, 0.05) is 16.9 Å². The van der Waals surface area contributed by atoms with Gasteiger partial charge in [-0.25, -0.2) is 5.01 Å². The van der Waals surface area contributed by atoms with E-state index in [0.717, 1.165) is 26.6 Å². The molecule has 1 aliphatic heterocycles. The highest BCUT2D eigenvalue weighted by Crippen LogP contribution is 2.35. The number of aryl methyl sites for hydroxylation is 2. The van der Waals surface area contributed by atoms with Gasteiger partial charge in [0.05, 0.1) is 16.6 Å². The highest BCUT2D eigenvalue weighted by molar-refractivity contribution is 7.12. The summed E-state index contributed by atoms with van der Waals surface area (Å²) in [6, 6.07) is 13.1. The van der Waals surface area contributed by atoms with Crippen LogP contribution in [-0.4, -0.2) is 41.7 Å².